The maximum absolute atomic E-state index is 12.0. The molecule has 4 heteroatoms. The molecular formula is C14H23ClN2O. The SMILES string of the molecule is Cc1cccc(NC(=O)[C@@H](N)C(C)(C)C)c1C.Cl. The minimum Gasteiger partial charge on any atom is -0.324 e. The number of benzene rings is 1. The Balaban J connectivity index is 0.00000289. The first-order chi connectivity index (χ1) is 7.73. The van der Waals surface area contributed by atoms with Crippen molar-refractivity contribution in [2.75, 3.05) is 5.32 Å². The van der Waals surface area contributed by atoms with Crippen LogP contribution in [0, 0.1) is 19.3 Å². The fourth-order valence-electron chi connectivity index (χ4n) is 1.49. The van der Waals surface area contributed by atoms with Crippen molar-refractivity contribution in [1.82, 2.24) is 0 Å². The largest absolute Gasteiger partial charge is 0.324 e. The summed E-state index contributed by atoms with van der Waals surface area (Å²) in [5, 5.41) is 2.89. The van der Waals surface area contributed by atoms with E-state index in [1.807, 2.05) is 52.8 Å². The molecule has 0 heterocycles. The van der Waals surface area contributed by atoms with E-state index in [-0.39, 0.29) is 23.7 Å². The third kappa shape index (κ3) is 4.00. The number of hydrogen-bond acceptors (Lipinski definition) is 2. The van der Waals surface area contributed by atoms with Crippen molar-refractivity contribution in [2.45, 2.75) is 40.7 Å². The van der Waals surface area contributed by atoms with Gasteiger partial charge in [-0.25, -0.2) is 0 Å². The lowest BCUT2D eigenvalue weighted by atomic mass is 9.87. The Hall–Kier alpha value is -1.06. The van der Waals surface area contributed by atoms with Crippen molar-refractivity contribution in [2.24, 2.45) is 11.1 Å². The number of carbonyl (C=O) groups is 1. The molecule has 0 spiro atoms. The molecule has 1 atom stereocenters. The number of nitrogens with one attached hydrogen (secondary N) is 1. The number of hydrogen-bond donors (Lipinski definition) is 2. The molecule has 0 aromatic heterocycles. The fourth-order valence-corrected chi connectivity index (χ4v) is 1.49. The Morgan fingerprint density at radius 2 is 1.83 bits per heavy atom. The Morgan fingerprint density at radius 1 is 1.28 bits per heavy atom. The molecule has 18 heavy (non-hydrogen) atoms. The van der Waals surface area contributed by atoms with E-state index in [1.54, 1.807) is 0 Å². The van der Waals surface area contributed by atoms with Crippen LogP contribution in [0.25, 0.3) is 0 Å². The van der Waals surface area contributed by atoms with E-state index in [9.17, 15) is 4.79 Å². The third-order valence-corrected chi connectivity index (χ3v) is 3.08. The van der Waals surface area contributed by atoms with Gasteiger partial charge in [-0.3, -0.25) is 4.79 Å². The maximum Gasteiger partial charge on any atom is 0.241 e. The molecular weight excluding hydrogens is 248 g/mol. The van der Waals surface area contributed by atoms with Crippen molar-refractivity contribution >= 4 is 24.0 Å². The lowest BCUT2D eigenvalue weighted by molar-refractivity contribution is -0.119. The molecule has 0 fully saturated rings. The topological polar surface area (TPSA) is 55.1 Å². The molecule has 1 rings (SSSR count). The lowest BCUT2D eigenvalue weighted by Crippen LogP contribution is -2.45. The summed E-state index contributed by atoms with van der Waals surface area (Å²) < 4.78 is 0. The summed E-state index contributed by atoms with van der Waals surface area (Å²) >= 11 is 0. The van der Waals surface area contributed by atoms with E-state index in [1.165, 1.54) is 0 Å². The van der Waals surface area contributed by atoms with Gasteiger partial charge in [0.1, 0.15) is 0 Å². The first-order valence-electron chi connectivity index (χ1n) is 5.86. The summed E-state index contributed by atoms with van der Waals surface area (Å²) in [7, 11) is 0. The van der Waals surface area contributed by atoms with Crippen molar-refractivity contribution < 1.29 is 4.79 Å². The number of anilines is 1. The molecule has 3 N–H and O–H groups in total. The minimum atomic E-state index is -0.512. The van der Waals surface area contributed by atoms with Crippen LogP contribution in [0.1, 0.15) is 31.9 Å². The van der Waals surface area contributed by atoms with Gasteiger partial charge < -0.3 is 11.1 Å². The van der Waals surface area contributed by atoms with Crippen LogP contribution in [0.4, 0.5) is 5.69 Å². The number of carbonyl (C=O) groups excluding carboxylic acids is 1. The molecule has 0 saturated carbocycles. The maximum atomic E-state index is 12.0. The average Bonchev–Trinajstić information content (AvgIpc) is 2.22. The van der Waals surface area contributed by atoms with Gasteiger partial charge in [-0.05, 0) is 36.5 Å². The second-order valence-electron chi connectivity index (χ2n) is 5.58. The standard InChI is InChI=1S/C14H22N2O.ClH/c1-9-7-6-8-11(10(9)2)16-13(17)12(15)14(3,4)5;/h6-8,12H,15H2,1-5H3,(H,16,17);1H/t12-;/m1./s1. The third-order valence-electron chi connectivity index (χ3n) is 3.08. The Morgan fingerprint density at radius 3 is 2.33 bits per heavy atom. The van der Waals surface area contributed by atoms with E-state index in [4.69, 9.17) is 5.73 Å². The van der Waals surface area contributed by atoms with Gasteiger partial charge >= 0.3 is 0 Å². The molecule has 0 aliphatic heterocycles. The molecule has 1 aromatic rings. The molecule has 0 aliphatic rings. The summed E-state index contributed by atoms with van der Waals surface area (Å²) in [6.07, 6.45) is 0. The van der Waals surface area contributed by atoms with Crippen LogP contribution in [0.3, 0.4) is 0 Å². The average molecular weight is 271 g/mol. The van der Waals surface area contributed by atoms with E-state index in [2.05, 4.69) is 5.32 Å². The monoisotopic (exact) mass is 270 g/mol. The molecule has 3 nitrogen and oxygen atoms in total. The molecule has 0 bridgehead atoms. The van der Waals surface area contributed by atoms with Crippen LogP contribution in [0.15, 0.2) is 18.2 Å². The van der Waals surface area contributed by atoms with Crippen LogP contribution >= 0.6 is 12.4 Å². The van der Waals surface area contributed by atoms with Gasteiger partial charge in [0.15, 0.2) is 0 Å². The van der Waals surface area contributed by atoms with Crippen molar-refractivity contribution in [1.29, 1.82) is 0 Å². The molecule has 0 radical (unpaired) electrons. The van der Waals surface area contributed by atoms with Gasteiger partial charge in [0.05, 0.1) is 6.04 Å². The summed E-state index contributed by atoms with van der Waals surface area (Å²) in [5.41, 5.74) is 8.77. The van der Waals surface area contributed by atoms with E-state index in [0.29, 0.717) is 0 Å². The van der Waals surface area contributed by atoms with E-state index >= 15 is 0 Å². The molecule has 0 aliphatic carbocycles. The number of halogens is 1. The minimum absolute atomic E-state index is 0. The molecule has 0 saturated heterocycles. The summed E-state index contributed by atoms with van der Waals surface area (Å²) in [6.45, 7) is 9.89. The summed E-state index contributed by atoms with van der Waals surface area (Å²) in [4.78, 5) is 12.0. The first-order valence-corrected chi connectivity index (χ1v) is 5.86. The van der Waals surface area contributed by atoms with E-state index in [0.717, 1.165) is 16.8 Å². The first kappa shape index (κ1) is 16.9. The van der Waals surface area contributed by atoms with Crippen LogP contribution in [-0.2, 0) is 4.79 Å². The second-order valence-corrected chi connectivity index (χ2v) is 5.58. The Bertz CT molecular complexity index is 424. The molecule has 0 unspecified atom stereocenters. The number of aryl methyl sites for hydroxylation is 1. The van der Waals surface area contributed by atoms with E-state index < -0.39 is 6.04 Å². The fraction of sp³-hybridized carbons (Fsp3) is 0.500. The van der Waals surface area contributed by atoms with Crippen LogP contribution in [0.5, 0.6) is 0 Å². The van der Waals surface area contributed by atoms with Crippen molar-refractivity contribution in [3.05, 3.63) is 29.3 Å². The van der Waals surface area contributed by atoms with Crippen LogP contribution < -0.4 is 11.1 Å². The smallest absolute Gasteiger partial charge is 0.241 e. The van der Waals surface area contributed by atoms with Gasteiger partial charge in [-0.15, -0.1) is 12.4 Å². The highest BCUT2D eigenvalue weighted by Crippen LogP contribution is 2.21. The quantitative estimate of drug-likeness (QED) is 0.868. The normalized spacial score (nSPS) is 12.6. The predicted molar refractivity (Wildman–Crippen MR) is 79.2 cm³/mol. The Kier molecular flexibility index (Phi) is 5.84. The van der Waals surface area contributed by atoms with Gasteiger partial charge in [0.25, 0.3) is 0 Å². The number of nitrogens with two attached hydrogens (primary N) is 1. The highest BCUT2D eigenvalue weighted by atomic mass is 35.5. The van der Waals surface area contributed by atoms with Crippen molar-refractivity contribution in [3.8, 4) is 0 Å². The Labute approximate surface area is 116 Å². The van der Waals surface area contributed by atoms with Gasteiger partial charge in [0, 0.05) is 5.69 Å². The zero-order valence-electron chi connectivity index (χ0n) is 11.7. The number of rotatable bonds is 2. The zero-order chi connectivity index (χ0) is 13.2. The molecule has 1 aromatic carbocycles. The van der Waals surface area contributed by atoms with Gasteiger partial charge in [0.2, 0.25) is 5.91 Å². The van der Waals surface area contributed by atoms with Crippen LogP contribution in [0.2, 0.25) is 0 Å². The van der Waals surface area contributed by atoms with Gasteiger partial charge in [-0.2, -0.15) is 0 Å². The predicted octanol–water partition coefficient (Wildman–Crippen LogP) is 3.04. The van der Waals surface area contributed by atoms with Crippen molar-refractivity contribution in [3.63, 3.8) is 0 Å². The lowest BCUT2D eigenvalue weighted by Gasteiger charge is -2.26. The summed E-state index contributed by atoms with van der Waals surface area (Å²) in [6, 6.07) is 5.34. The summed E-state index contributed by atoms with van der Waals surface area (Å²) in [5.74, 6) is -0.133. The molecule has 102 valence electrons. The number of amides is 1. The van der Waals surface area contributed by atoms with Gasteiger partial charge in [-0.1, -0.05) is 32.9 Å². The zero-order valence-corrected chi connectivity index (χ0v) is 12.5. The highest BCUT2D eigenvalue weighted by Gasteiger charge is 2.27. The second kappa shape index (κ2) is 6.21. The highest BCUT2D eigenvalue weighted by molar-refractivity contribution is 5.95. The molecule has 1 amide bonds. The van der Waals surface area contributed by atoms with Crippen LogP contribution in [-0.4, -0.2) is 11.9 Å².